The van der Waals surface area contributed by atoms with Crippen LogP contribution in [-0.2, 0) is 0 Å². The topological polar surface area (TPSA) is 53.9 Å². The molecular weight excluding hydrogens is 226 g/mol. The quantitative estimate of drug-likeness (QED) is 0.718. The molecule has 100 valence electrons. The van der Waals surface area contributed by atoms with Gasteiger partial charge >= 0.3 is 0 Å². The molecule has 0 saturated carbocycles. The molecule has 3 N–H and O–H groups in total. The van der Waals surface area contributed by atoms with Gasteiger partial charge in [-0.2, -0.15) is 5.10 Å². The predicted molar refractivity (Wildman–Crippen MR) is 72.8 cm³/mol. The predicted octanol–water partition coefficient (Wildman–Crippen LogP) is 0.685. The van der Waals surface area contributed by atoms with Crippen molar-refractivity contribution in [1.29, 1.82) is 0 Å². The molecule has 3 rings (SSSR count). The molecule has 2 saturated heterocycles. The molecule has 0 aliphatic carbocycles. The normalized spacial score (nSPS) is 28.3. The van der Waals surface area contributed by atoms with Crippen LogP contribution in [0.15, 0.2) is 12.3 Å². The largest absolute Gasteiger partial charge is 0.370 e. The lowest BCUT2D eigenvalue weighted by Gasteiger charge is -2.29. The lowest BCUT2D eigenvalue weighted by atomic mass is 9.95. The number of hydrogen-bond acceptors (Lipinski definition) is 4. The van der Waals surface area contributed by atoms with E-state index in [9.17, 15) is 0 Å². The molecule has 3 heterocycles. The van der Waals surface area contributed by atoms with Crippen molar-refractivity contribution in [1.82, 2.24) is 20.4 Å². The van der Waals surface area contributed by atoms with Crippen molar-refractivity contribution in [3.8, 4) is 0 Å². The Bertz CT molecular complexity index is 384. The third-order valence-electron chi connectivity index (χ3n) is 4.27. The molecule has 0 radical (unpaired) electrons. The van der Waals surface area contributed by atoms with E-state index in [1.54, 1.807) is 0 Å². The SMILES string of the molecule is C[C@@H]1CNC[C@H]1CCNc1ccnn1C1CNC1. The zero-order valence-electron chi connectivity index (χ0n) is 11.0. The molecular formula is C13H23N5. The van der Waals surface area contributed by atoms with Crippen LogP contribution in [0.1, 0.15) is 19.4 Å². The fourth-order valence-electron chi connectivity index (χ4n) is 2.83. The molecule has 2 aliphatic heterocycles. The van der Waals surface area contributed by atoms with Crippen molar-refractivity contribution >= 4 is 5.82 Å². The molecule has 2 fully saturated rings. The summed E-state index contributed by atoms with van der Waals surface area (Å²) >= 11 is 0. The Morgan fingerprint density at radius 1 is 1.33 bits per heavy atom. The highest BCUT2D eigenvalue weighted by Gasteiger charge is 2.23. The standard InChI is InChI=1S/C13H23N5/c1-10-6-14-7-11(10)2-4-16-13-3-5-17-18(13)12-8-15-9-12/h3,5,10-12,14-16H,2,4,6-9H2,1H3/t10-,11-/m1/s1. The van der Waals surface area contributed by atoms with E-state index in [0.717, 1.165) is 31.5 Å². The van der Waals surface area contributed by atoms with Gasteiger partial charge in [-0.1, -0.05) is 6.92 Å². The monoisotopic (exact) mass is 249 g/mol. The van der Waals surface area contributed by atoms with Gasteiger partial charge in [0.1, 0.15) is 5.82 Å². The summed E-state index contributed by atoms with van der Waals surface area (Å²) in [5, 5.41) is 14.7. The molecule has 0 amide bonds. The van der Waals surface area contributed by atoms with Gasteiger partial charge < -0.3 is 16.0 Å². The van der Waals surface area contributed by atoms with E-state index in [-0.39, 0.29) is 0 Å². The van der Waals surface area contributed by atoms with Crippen molar-refractivity contribution in [3.63, 3.8) is 0 Å². The van der Waals surface area contributed by atoms with Gasteiger partial charge in [0.25, 0.3) is 0 Å². The summed E-state index contributed by atoms with van der Waals surface area (Å²) in [7, 11) is 0. The number of nitrogens with zero attached hydrogens (tertiary/aromatic N) is 2. The van der Waals surface area contributed by atoms with Crippen LogP contribution in [0.25, 0.3) is 0 Å². The molecule has 1 aromatic rings. The highest BCUT2D eigenvalue weighted by atomic mass is 15.4. The minimum absolute atomic E-state index is 0.537. The number of hydrogen-bond donors (Lipinski definition) is 3. The van der Waals surface area contributed by atoms with E-state index < -0.39 is 0 Å². The Kier molecular flexibility index (Phi) is 3.52. The maximum absolute atomic E-state index is 4.41. The van der Waals surface area contributed by atoms with E-state index in [2.05, 4.69) is 38.7 Å². The average molecular weight is 249 g/mol. The van der Waals surface area contributed by atoms with Gasteiger partial charge in [-0.15, -0.1) is 0 Å². The summed E-state index contributed by atoms with van der Waals surface area (Å²) in [4.78, 5) is 0. The van der Waals surface area contributed by atoms with Crippen molar-refractivity contribution in [2.45, 2.75) is 19.4 Å². The molecule has 5 heteroatoms. The van der Waals surface area contributed by atoms with Crippen LogP contribution in [0.5, 0.6) is 0 Å². The van der Waals surface area contributed by atoms with Crippen LogP contribution in [0.3, 0.4) is 0 Å². The summed E-state index contributed by atoms with van der Waals surface area (Å²) in [6.45, 7) is 7.82. The number of nitrogens with one attached hydrogen (secondary N) is 3. The lowest BCUT2D eigenvalue weighted by Crippen LogP contribution is -2.44. The Morgan fingerprint density at radius 3 is 2.83 bits per heavy atom. The van der Waals surface area contributed by atoms with E-state index in [0.29, 0.717) is 6.04 Å². The van der Waals surface area contributed by atoms with E-state index in [1.807, 2.05) is 6.20 Å². The van der Waals surface area contributed by atoms with Gasteiger partial charge in [-0.05, 0) is 31.3 Å². The van der Waals surface area contributed by atoms with Gasteiger partial charge in [0.15, 0.2) is 0 Å². The molecule has 0 bridgehead atoms. The molecule has 1 aromatic heterocycles. The first-order chi connectivity index (χ1) is 8.84. The van der Waals surface area contributed by atoms with Crippen LogP contribution in [0.4, 0.5) is 5.82 Å². The van der Waals surface area contributed by atoms with E-state index in [4.69, 9.17) is 0 Å². The van der Waals surface area contributed by atoms with Gasteiger partial charge in [0.2, 0.25) is 0 Å². The summed E-state index contributed by atoms with van der Waals surface area (Å²) in [6, 6.07) is 2.61. The minimum atomic E-state index is 0.537. The lowest BCUT2D eigenvalue weighted by molar-refractivity contribution is 0.321. The number of aromatic nitrogens is 2. The molecule has 18 heavy (non-hydrogen) atoms. The first-order valence-electron chi connectivity index (χ1n) is 7.03. The maximum atomic E-state index is 4.41. The highest BCUT2D eigenvalue weighted by Crippen LogP contribution is 2.21. The Morgan fingerprint density at radius 2 is 2.17 bits per heavy atom. The molecule has 0 unspecified atom stereocenters. The average Bonchev–Trinajstić information content (AvgIpc) is 2.88. The fraction of sp³-hybridized carbons (Fsp3) is 0.769. The van der Waals surface area contributed by atoms with Crippen molar-refractivity contribution in [2.75, 3.05) is 38.0 Å². The van der Waals surface area contributed by atoms with Crippen LogP contribution < -0.4 is 16.0 Å². The minimum Gasteiger partial charge on any atom is -0.370 e. The Hall–Kier alpha value is -1.07. The summed E-state index contributed by atoms with van der Waals surface area (Å²) in [6.07, 6.45) is 3.13. The zero-order chi connectivity index (χ0) is 12.4. The number of rotatable bonds is 5. The first-order valence-corrected chi connectivity index (χ1v) is 7.03. The Labute approximate surface area is 108 Å². The highest BCUT2D eigenvalue weighted by molar-refractivity contribution is 5.34. The molecule has 0 aromatic carbocycles. The van der Waals surface area contributed by atoms with Gasteiger partial charge in [-0.25, -0.2) is 4.68 Å². The first kappa shape index (κ1) is 12.0. The third-order valence-corrected chi connectivity index (χ3v) is 4.27. The van der Waals surface area contributed by atoms with Crippen LogP contribution >= 0.6 is 0 Å². The van der Waals surface area contributed by atoms with Gasteiger partial charge in [0.05, 0.1) is 12.2 Å². The van der Waals surface area contributed by atoms with E-state index in [1.165, 1.54) is 25.3 Å². The summed E-state index contributed by atoms with van der Waals surface area (Å²) in [5.41, 5.74) is 0. The van der Waals surface area contributed by atoms with Crippen molar-refractivity contribution in [2.24, 2.45) is 11.8 Å². The second kappa shape index (κ2) is 5.28. The van der Waals surface area contributed by atoms with Gasteiger partial charge in [-0.3, -0.25) is 0 Å². The fourth-order valence-corrected chi connectivity index (χ4v) is 2.83. The number of anilines is 1. The molecule has 0 spiro atoms. The zero-order valence-corrected chi connectivity index (χ0v) is 11.0. The third kappa shape index (κ3) is 2.37. The second-order valence-electron chi connectivity index (χ2n) is 5.58. The smallest absolute Gasteiger partial charge is 0.124 e. The van der Waals surface area contributed by atoms with Crippen LogP contribution in [0.2, 0.25) is 0 Å². The summed E-state index contributed by atoms with van der Waals surface area (Å²) < 4.78 is 2.12. The molecule has 5 nitrogen and oxygen atoms in total. The van der Waals surface area contributed by atoms with Crippen molar-refractivity contribution < 1.29 is 0 Å². The Balaban J connectivity index is 1.49. The van der Waals surface area contributed by atoms with E-state index >= 15 is 0 Å². The van der Waals surface area contributed by atoms with Crippen molar-refractivity contribution in [3.05, 3.63) is 12.3 Å². The second-order valence-corrected chi connectivity index (χ2v) is 5.58. The van der Waals surface area contributed by atoms with Crippen LogP contribution in [0, 0.1) is 11.8 Å². The summed E-state index contributed by atoms with van der Waals surface area (Å²) in [5.74, 6) is 2.80. The van der Waals surface area contributed by atoms with Gasteiger partial charge in [0, 0.05) is 25.7 Å². The molecule has 2 atom stereocenters. The maximum Gasteiger partial charge on any atom is 0.124 e. The molecule has 2 aliphatic rings. The van der Waals surface area contributed by atoms with Crippen LogP contribution in [-0.4, -0.2) is 42.5 Å².